The molecule has 0 fully saturated rings. The average Bonchev–Trinajstić information content (AvgIpc) is 3.10. The van der Waals surface area contributed by atoms with Crippen LogP contribution in [0.3, 0.4) is 0 Å². The molecule has 1 atom stereocenters. The van der Waals surface area contributed by atoms with Gasteiger partial charge in [0.15, 0.2) is 0 Å². The third kappa shape index (κ3) is 7.50. The number of rotatable bonds is 12. The standard InChI is InChI=1S/C20H29ClN2O/c1-2-3-4-5-6-7-8-20(15-23-14-13-22-17-23)24-16-18-9-11-19(21)12-10-18/h9-14,17,20H,2-8,15-16H2,1H3. The Morgan fingerprint density at radius 2 is 1.83 bits per heavy atom. The molecule has 1 unspecified atom stereocenters. The minimum atomic E-state index is 0.223. The second kappa shape index (κ2) is 11.3. The fraction of sp³-hybridized carbons (Fsp3) is 0.550. The van der Waals surface area contributed by atoms with Gasteiger partial charge in [-0.1, -0.05) is 69.2 Å². The van der Waals surface area contributed by atoms with Crippen molar-refractivity contribution in [2.45, 2.75) is 71.1 Å². The van der Waals surface area contributed by atoms with Crippen LogP contribution in [0.15, 0.2) is 43.0 Å². The molecule has 4 heteroatoms. The molecule has 0 aliphatic carbocycles. The Balaban J connectivity index is 1.77. The van der Waals surface area contributed by atoms with Crippen LogP contribution in [0.5, 0.6) is 0 Å². The molecule has 0 aliphatic rings. The first kappa shape index (κ1) is 19.0. The summed E-state index contributed by atoms with van der Waals surface area (Å²) in [5.74, 6) is 0. The van der Waals surface area contributed by atoms with Crippen LogP contribution in [0, 0.1) is 0 Å². The average molecular weight is 349 g/mol. The van der Waals surface area contributed by atoms with Gasteiger partial charge in [-0.25, -0.2) is 4.98 Å². The Bertz CT molecular complexity index is 539. The number of imidazole rings is 1. The lowest BCUT2D eigenvalue weighted by atomic mass is 10.1. The van der Waals surface area contributed by atoms with E-state index in [1.807, 2.05) is 43.0 Å². The zero-order valence-electron chi connectivity index (χ0n) is 14.7. The summed E-state index contributed by atoms with van der Waals surface area (Å²) in [5, 5.41) is 0.765. The molecular weight excluding hydrogens is 320 g/mol. The van der Waals surface area contributed by atoms with Crippen LogP contribution >= 0.6 is 11.6 Å². The second-order valence-electron chi connectivity index (χ2n) is 6.38. The summed E-state index contributed by atoms with van der Waals surface area (Å²) in [6.07, 6.45) is 14.9. The molecule has 0 spiro atoms. The van der Waals surface area contributed by atoms with E-state index in [1.165, 1.54) is 38.5 Å². The van der Waals surface area contributed by atoms with Gasteiger partial charge in [-0.05, 0) is 24.1 Å². The molecule has 1 aromatic heterocycles. The van der Waals surface area contributed by atoms with Crippen molar-refractivity contribution in [2.24, 2.45) is 0 Å². The molecule has 0 N–H and O–H groups in total. The predicted molar refractivity (Wildman–Crippen MR) is 100 cm³/mol. The van der Waals surface area contributed by atoms with E-state index in [-0.39, 0.29) is 6.10 Å². The molecular formula is C20H29ClN2O. The lowest BCUT2D eigenvalue weighted by Gasteiger charge is -2.19. The maximum Gasteiger partial charge on any atom is 0.0946 e. The predicted octanol–water partition coefficient (Wildman–Crippen LogP) is 5.87. The molecule has 2 rings (SSSR count). The molecule has 3 nitrogen and oxygen atoms in total. The third-order valence-electron chi connectivity index (χ3n) is 4.25. The van der Waals surface area contributed by atoms with Gasteiger partial charge in [0.1, 0.15) is 0 Å². The van der Waals surface area contributed by atoms with E-state index in [1.54, 1.807) is 0 Å². The summed E-state index contributed by atoms with van der Waals surface area (Å²) in [7, 11) is 0. The van der Waals surface area contributed by atoms with Gasteiger partial charge >= 0.3 is 0 Å². The Hall–Kier alpha value is -1.32. The van der Waals surface area contributed by atoms with Gasteiger partial charge in [0.2, 0.25) is 0 Å². The maximum absolute atomic E-state index is 6.18. The monoisotopic (exact) mass is 348 g/mol. The Morgan fingerprint density at radius 1 is 1.08 bits per heavy atom. The van der Waals surface area contributed by atoms with Crippen molar-refractivity contribution < 1.29 is 4.74 Å². The number of halogens is 1. The quantitative estimate of drug-likeness (QED) is 0.448. The highest BCUT2D eigenvalue weighted by atomic mass is 35.5. The van der Waals surface area contributed by atoms with E-state index in [0.717, 1.165) is 23.6 Å². The Kier molecular flexibility index (Phi) is 8.93. The van der Waals surface area contributed by atoms with E-state index in [0.29, 0.717) is 6.61 Å². The number of benzene rings is 1. The molecule has 1 aromatic carbocycles. The Labute approximate surface area is 151 Å². The first-order valence-corrected chi connectivity index (χ1v) is 9.47. The van der Waals surface area contributed by atoms with E-state index in [2.05, 4.69) is 16.5 Å². The lowest BCUT2D eigenvalue weighted by Crippen LogP contribution is -2.19. The molecule has 1 heterocycles. The molecule has 132 valence electrons. The van der Waals surface area contributed by atoms with Crippen LogP contribution in [0.2, 0.25) is 5.02 Å². The van der Waals surface area contributed by atoms with Gasteiger partial charge in [0, 0.05) is 24.0 Å². The summed E-state index contributed by atoms with van der Waals surface area (Å²) in [5.41, 5.74) is 1.16. The normalized spacial score (nSPS) is 12.4. The van der Waals surface area contributed by atoms with Crippen molar-refractivity contribution in [3.63, 3.8) is 0 Å². The number of aromatic nitrogens is 2. The summed E-state index contributed by atoms with van der Waals surface area (Å²) in [4.78, 5) is 4.13. The Morgan fingerprint density at radius 3 is 2.54 bits per heavy atom. The molecule has 0 saturated heterocycles. The van der Waals surface area contributed by atoms with Crippen molar-refractivity contribution in [1.29, 1.82) is 0 Å². The molecule has 0 saturated carbocycles. The second-order valence-corrected chi connectivity index (χ2v) is 6.81. The number of unbranched alkanes of at least 4 members (excludes halogenated alkanes) is 5. The van der Waals surface area contributed by atoms with Crippen molar-refractivity contribution in [1.82, 2.24) is 9.55 Å². The van der Waals surface area contributed by atoms with E-state index in [4.69, 9.17) is 16.3 Å². The number of nitrogens with zero attached hydrogens (tertiary/aromatic N) is 2. The van der Waals surface area contributed by atoms with Crippen LogP contribution < -0.4 is 0 Å². The highest BCUT2D eigenvalue weighted by Gasteiger charge is 2.10. The minimum Gasteiger partial charge on any atom is -0.372 e. The van der Waals surface area contributed by atoms with Crippen molar-refractivity contribution in [3.05, 3.63) is 53.6 Å². The van der Waals surface area contributed by atoms with E-state index >= 15 is 0 Å². The first-order chi connectivity index (χ1) is 11.8. The van der Waals surface area contributed by atoms with Crippen molar-refractivity contribution in [2.75, 3.05) is 0 Å². The summed E-state index contributed by atoms with van der Waals surface area (Å²) in [6.45, 7) is 3.75. The molecule has 0 radical (unpaired) electrons. The van der Waals surface area contributed by atoms with Crippen LogP contribution in [-0.2, 0) is 17.9 Å². The first-order valence-electron chi connectivity index (χ1n) is 9.09. The topological polar surface area (TPSA) is 27.1 Å². The largest absolute Gasteiger partial charge is 0.372 e. The highest BCUT2D eigenvalue weighted by Crippen LogP contribution is 2.15. The number of hydrogen-bond acceptors (Lipinski definition) is 2. The van der Waals surface area contributed by atoms with Gasteiger partial charge < -0.3 is 9.30 Å². The van der Waals surface area contributed by atoms with Gasteiger partial charge in [-0.2, -0.15) is 0 Å². The zero-order valence-corrected chi connectivity index (χ0v) is 15.4. The van der Waals surface area contributed by atoms with Crippen LogP contribution in [0.4, 0.5) is 0 Å². The van der Waals surface area contributed by atoms with Gasteiger partial charge in [0.05, 0.1) is 19.0 Å². The van der Waals surface area contributed by atoms with E-state index < -0.39 is 0 Å². The molecule has 0 aliphatic heterocycles. The summed E-state index contributed by atoms with van der Waals surface area (Å²) >= 11 is 5.94. The van der Waals surface area contributed by atoms with Crippen LogP contribution in [0.1, 0.15) is 57.4 Å². The van der Waals surface area contributed by atoms with Crippen LogP contribution in [0.25, 0.3) is 0 Å². The fourth-order valence-electron chi connectivity index (χ4n) is 2.80. The molecule has 2 aromatic rings. The summed E-state index contributed by atoms with van der Waals surface area (Å²) in [6, 6.07) is 7.89. The lowest BCUT2D eigenvalue weighted by molar-refractivity contribution is 0.0221. The van der Waals surface area contributed by atoms with Crippen molar-refractivity contribution >= 4 is 11.6 Å². The maximum atomic E-state index is 6.18. The zero-order chi connectivity index (χ0) is 17.0. The van der Waals surface area contributed by atoms with Gasteiger partial charge in [0.25, 0.3) is 0 Å². The number of ether oxygens (including phenoxy) is 1. The summed E-state index contributed by atoms with van der Waals surface area (Å²) < 4.78 is 8.28. The highest BCUT2D eigenvalue weighted by molar-refractivity contribution is 6.30. The minimum absolute atomic E-state index is 0.223. The fourth-order valence-corrected chi connectivity index (χ4v) is 2.93. The van der Waals surface area contributed by atoms with E-state index in [9.17, 15) is 0 Å². The van der Waals surface area contributed by atoms with Gasteiger partial charge in [-0.15, -0.1) is 0 Å². The van der Waals surface area contributed by atoms with Crippen molar-refractivity contribution in [3.8, 4) is 0 Å². The molecule has 24 heavy (non-hydrogen) atoms. The molecule has 0 amide bonds. The number of hydrogen-bond donors (Lipinski definition) is 0. The SMILES string of the molecule is CCCCCCCCC(Cn1ccnc1)OCc1ccc(Cl)cc1. The molecule has 0 bridgehead atoms. The smallest absolute Gasteiger partial charge is 0.0946 e. The third-order valence-corrected chi connectivity index (χ3v) is 4.50. The van der Waals surface area contributed by atoms with Gasteiger partial charge in [-0.3, -0.25) is 0 Å². The van der Waals surface area contributed by atoms with Crippen LogP contribution in [-0.4, -0.2) is 15.7 Å².